The first-order valence-electron chi connectivity index (χ1n) is 1.11. The summed E-state index contributed by atoms with van der Waals surface area (Å²) in [5.74, 6) is -3.65. The Kier molecular flexibility index (Phi) is 15.7. The van der Waals surface area contributed by atoms with Gasteiger partial charge >= 0.3 is 68.8 Å². The second kappa shape index (κ2) is 7.86. The molecule has 0 aromatic rings. The molecule has 0 saturated carbocycles. The van der Waals surface area contributed by atoms with Gasteiger partial charge in [0.25, 0.3) is 0 Å². The average molecular weight is 323 g/mol. The van der Waals surface area contributed by atoms with Crippen molar-refractivity contribution in [1.29, 1.82) is 0 Å². The number of carbonyl (C=O) groups is 2. The first-order chi connectivity index (χ1) is 2.64. The van der Waals surface area contributed by atoms with Crippen LogP contribution in [0.5, 0.6) is 0 Å². The normalized spacial score (nSPS) is 5.50. The Bertz CT molecular complexity index is 84.6. The molecule has 0 aromatic carbocycles. The van der Waals surface area contributed by atoms with Crippen molar-refractivity contribution in [2.24, 2.45) is 0 Å². The summed E-state index contributed by atoms with van der Waals surface area (Å²) in [6.07, 6.45) is 0. The van der Waals surface area contributed by atoms with Crippen LogP contribution in [0.3, 0.4) is 0 Å². The van der Waals surface area contributed by atoms with Crippen molar-refractivity contribution in [3.05, 3.63) is 0 Å². The Balaban J connectivity index is -0.0000000417. The van der Waals surface area contributed by atoms with E-state index in [4.69, 9.17) is 19.8 Å². The van der Waals surface area contributed by atoms with Gasteiger partial charge in [-0.3, -0.25) is 0 Å². The van der Waals surface area contributed by atoms with Gasteiger partial charge in [0, 0.05) is 0 Å². The monoisotopic (exact) mass is 324 g/mol. The van der Waals surface area contributed by atoms with Crippen LogP contribution in [0.15, 0.2) is 0 Å². The van der Waals surface area contributed by atoms with E-state index in [-0.39, 0.29) is 58.3 Å². The Morgan fingerprint density at radius 2 is 1.25 bits per heavy atom. The molecule has 8 heavy (non-hydrogen) atoms. The van der Waals surface area contributed by atoms with Gasteiger partial charge < -0.3 is 11.6 Å². The van der Waals surface area contributed by atoms with Gasteiger partial charge in [0.2, 0.25) is 0 Å². The topological polar surface area (TPSA) is 74.6 Å². The van der Waals surface area contributed by atoms with Gasteiger partial charge in [-0.1, -0.05) is 0 Å². The minimum atomic E-state index is -1.82. The molecule has 0 atom stereocenters. The molecule has 0 saturated heterocycles. The van der Waals surface area contributed by atoms with Gasteiger partial charge in [0.15, 0.2) is 0 Å². The van der Waals surface area contributed by atoms with Crippen molar-refractivity contribution in [3.63, 3.8) is 0 Å². The summed E-state index contributed by atoms with van der Waals surface area (Å²) in [5.41, 5.74) is 0. The molecule has 2 N–H and O–H groups in total. The number of hydrogen-bond donors (Lipinski definition) is 2. The van der Waals surface area contributed by atoms with Crippen molar-refractivity contribution in [2.75, 3.05) is 0 Å². The van der Waals surface area contributed by atoms with E-state index in [2.05, 4.69) is 0 Å². The number of rotatable bonds is 0. The van der Waals surface area contributed by atoms with Crippen molar-refractivity contribution in [1.82, 2.24) is 0 Å². The second-order valence-corrected chi connectivity index (χ2v) is 0.610. The minimum absolute atomic E-state index is 0. The number of carboxylic acid groups (broad SMARTS) is 2. The van der Waals surface area contributed by atoms with Crippen LogP contribution in [0.4, 0.5) is 0 Å². The number of carboxylic acids is 2. The van der Waals surface area contributed by atoms with Crippen LogP contribution in [0.1, 0.15) is 1.43 Å². The SMILES string of the molecule is O=C(O)C(=O)O.[H-].[Na+].[PbH2]. The summed E-state index contributed by atoms with van der Waals surface area (Å²) in [5, 5.41) is 14.8. The molecular formula is C2H5NaO4Pb. The third-order valence-electron chi connectivity index (χ3n) is 0.183. The summed E-state index contributed by atoms with van der Waals surface area (Å²) < 4.78 is 0. The molecule has 0 unspecified atom stereocenters. The Morgan fingerprint density at radius 1 is 1.12 bits per heavy atom. The van der Waals surface area contributed by atoms with E-state index in [1.54, 1.807) is 0 Å². The van der Waals surface area contributed by atoms with Crippen molar-refractivity contribution in [2.45, 2.75) is 0 Å². The molecule has 0 aliphatic rings. The molecule has 0 fully saturated rings. The van der Waals surface area contributed by atoms with Gasteiger partial charge in [0.05, 0.1) is 0 Å². The molecule has 0 bridgehead atoms. The summed E-state index contributed by atoms with van der Waals surface area (Å²) in [6.45, 7) is 0. The first-order valence-corrected chi connectivity index (χ1v) is 1.11. The fourth-order valence-corrected chi connectivity index (χ4v) is 0. The molecule has 0 aromatic heterocycles. The van der Waals surface area contributed by atoms with Crippen LogP contribution in [0, 0.1) is 0 Å². The maximum atomic E-state index is 9.10. The van der Waals surface area contributed by atoms with E-state index in [0.29, 0.717) is 0 Å². The van der Waals surface area contributed by atoms with Crippen molar-refractivity contribution in [3.8, 4) is 0 Å². The number of aliphatic carboxylic acids is 2. The van der Waals surface area contributed by atoms with Crippen LogP contribution in [-0.4, -0.2) is 49.5 Å². The van der Waals surface area contributed by atoms with E-state index < -0.39 is 11.9 Å². The van der Waals surface area contributed by atoms with Crippen molar-refractivity contribution < 1.29 is 50.8 Å². The quantitative estimate of drug-likeness (QED) is 0.347. The Hall–Kier alpha value is 0.862. The van der Waals surface area contributed by atoms with Crippen molar-refractivity contribution >= 4 is 39.2 Å². The van der Waals surface area contributed by atoms with Crippen LogP contribution < -0.4 is 29.6 Å². The predicted octanol–water partition coefficient (Wildman–Crippen LogP) is -4.64. The van der Waals surface area contributed by atoms with E-state index in [0.717, 1.165) is 0 Å². The molecule has 2 radical (unpaired) electrons. The zero-order valence-corrected chi connectivity index (χ0v) is 11.9. The van der Waals surface area contributed by atoms with Gasteiger partial charge in [-0.15, -0.1) is 0 Å². The summed E-state index contributed by atoms with van der Waals surface area (Å²) in [6, 6.07) is 0. The van der Waals surface area contributed by atoms with Gasteiger partial charge in [0.1, 0.15) is 0 Å². The molecule has 42 valence electrons. The zero-order chi connectivity index (χ0) is 5.15. The van der Waals surface area contributed by atoms with Crippen LogP contribution in [0.2, 0.25) is 0 Å². The third kappa shape index (κ3) is 9.98. The van der Waals surface area contributed by atoms with E-state index in [9.17, 15) is 0 Å². The fourth-order valence-electron chi connectivity index (χ4n) is 0. The molecule has 4 nitrogen and oxygen atoms in total. The average Bonchev–Trinajstić information content (AvgIpc) is 1.36. The molecule has 6 heteroatoms. The Labute approximate surface area is 89.2 Å². The molecule has 0 aliphatic carbocycles. The first kappa shape index (κ1) is 15.9. The summed E-state index contributed by atoms with van der Waals surface area (Å²) in [7, 11) is 0. The van der Waals surface area contributed by atoms with E-state index in [1.807, 2.05) is 0 Å². The molecular weight excluding hydrogens is 318 g/mol. The van der Waals surface area contributed by atoms with E-state index in [1.165, 1.54) is 0 Å². The summed E-state index contributed by atoms with van der Waals surface area (Å²) in [4.78, 5) is 18.2. The van der Waals surface area contributed by atoms with Crippen LogP contribution in [0.25, 0.3) is 0 Å². The van der Waals surface area contributed by atoms with Gasteiger partial charge in [-0.25, -0.2) is 9.59 Å². The molecule has 0 spiro atoms. The fraction of sp³-hybridized carbons (Fsp3) is 0. The third-order valence-corrected chi connectivity index (χ3v) is 0.183. The van der Waals surface area contributed by atoms with Crippen LogP contribution in [-0.2, 0) is 9.59 Å². The predicted molar refractivity (Wildman–Crippen MR) is 24.9 cm³/mol. The molecule has 0 amide bonds. The van der Waals surface area contributed by atoms with Gasteiger partial charge in [-0.2, -0.15) is 0 Å². The Morgan fingerprint density at radius 3 is 1.25 bits per heavy atom. The zero-order valence-electron chi connectivity index (χ0n) is 5.42. The molecule has 0 rings (SSSR count). The van der Waals surface area contributed by atoms with E-state index >= 15 is 0 Å². The van der Waals surface area contributed by atoms with Crippen LogP contribution >= 0.6 is 0 Å². The number of hydrogen-bond acceptors (Lipinski definition) is 2. The standard InChI is InChI=1S/C2H2O4.Na.Pb.3H/c3-1(4)2(5)6;;;;;/h(H,3,4)(H,5,6);;;;;/q;+1;;;;-1. The summed E-state index contributed by atoms with van der Waals surface area (Å²) >= 11 is 0. The molecule has 0 aliphatic heterocycles. The second-order valence-electron chi connectivity index (χ2n) is 0.610. The maximum absolute atomic E-state index is 9.10. The van der Waals surface area contributed by atoms with Gasteiger partial charge in [-0.05, 0) is 0 Å². The molecule has 0 heterocycles.